The van der Waals surface area contributed by atoms with E-state index < -0.39 is 42.0 Å². The zero-order chi connectivity index (χ0) is 25.8. The lowest BCUT2D eigenvalue weighted by atomic mass is 10.1. The number of hydrogen-bond donors (Lipinski definition) is 3. The van der Waals surface area contributed by atoms with Crippen LogP contribution in [-0.2, 0) is 29.7 Å². The van der Waals surface area contributed by atoms with E-state index in [1.807, 2.05) is 0 Å². The van der Waals surface area contributed by atoms with Crippen molar-refractivity contribution in [3.8, 4) is 0 Å². The molecule has 1 aromatic heterocycles. The summed E-state index contributed by atoms with van der Waals surface area (Å²) in [7, 11) is 1.21. The van der Waals surface area contributed by atoms with Crippen LogP contribution in [0.2, 0.25) is 0 Å². The number of methoxy groups -OCH3 is 1. The van der Waals surface area contributed by atoms with Gasteiger partial charge in [-0.2, -0.15) is 0 Å². The molecular weight excluding hydrogens is 481 g/mol. The van der Waals surface area contributed by atoms with Crippen molar-refractivity contribution in [3.63, 3.8) is 0 Å². The van der Waals surface area contributed by atoms with Crippen LogP contribution in [-0.4, -0.2) is 58.5 Å². The van der Waals surface area contributed by atoms with Crippen LogP contribution < -0.4 is 10.6 Å². The van der Waals surface area contributed by atoms with E-state index in [2.05, 4.69) is 20.4 Å². The van der Waals surface area contributed by atoms with Crippen LogP contribution in [0, 0.1) is 5.82 Å². The molecule has 0 fully saturated rings. The van der Waals surface area contributed by atoms with E-state index in [0.29, 0.717) is 5.75 Å². The summed E-state index contributed by atoms with van der Waals surface area (Å²) in [4.78, 5) is 63.4. The van der Waals surface area contributed by atoms with Crippen molar-refractivity contribution < 1.29 is 38.2 Å². The number of pyridine rings is 1. The number of rotatable bonds is 13. The van der Waals surface area contributed by atoms with Gasteiger partial charge in [-0.15, -0.1) is 11.8 Å². The molecule has 1 atom stereocenters. The van der Waals surface area contributed by atoms with E-state index in [-0.39, 0.29) is 35.7 Å². The van der Waals surface area contributed by atoms with Crippen LogP contribution in [0.5, 0.6) is 0 Å². The van der Waals surface area contributed by atoms with E-state index in [1.165, 1.54) is 49.5 Å². The van der Waals surface area contributed by atoms with Crippen LogP contribution in [0.4, 0.5) is 10.1 Å². The molecule has 0 spiro atoms. The highest BCUT2D eigenvalue weighted by molar-refractivity contribution is 7.99. The van der Waals surface area contributed by atoms with Crippen LogP contribution in [0.1, 0.15) is 35.2 Å². The van der Waals surface area contributed by atoms with Crippen molar-refractivity contribution in [3.05, 3.63) is 59.7 Å². The average Bonchev–Trinajstić information content (AvgIpc) is 2.83. The lowest BCUT2D eigenvalue weighted by molar-refractivity contribution is -0.141. The lowest BCUT2D eigenvalue weighted by Gasteiger charge is -2.16. The molecule has 0 bridgehead atoms. The minimum Gasteiger partial charge on any atom is -0.481 e. The summed E-state index contributed by atoms with van der Waals surface area (Å²) in [5, 5.41) is 14.1. The third-order valence-electron chi connectivity index (χ3n) is 4.57. The van der Waals surface area contributed by atoms with Crippen molar-refractivity contribution in [2.45, 2.75) is 31.1 Å². The largest absolute Gasteiger partial charge is 0.481 e. The van der Waals surface area contributed by atoms with Gasteiger partial charge < -0.3 is 20.5 Å². The van der Waals surface area contributed by atoms with Crippen molar-refractivity contribution in [2.75, 3.05) is 18.2 Å². The Labute approximate surface area is 204 Å². The molecule has 0 saturated heterocycles. The lowest BCUT2D eigenvalue weighted by Crippen LogP contribution is -2.43. The van der Waals surface area contributed by atoms with Gasteiger partial charge in [0.15, 0.2) is 5.78 Å². The Morgan fingerprint density at radius 2 is 1.83 bits per heavy atom. The number of thioether (sulfide) groups is 1. The van der Waals surface area contributed by atoms with Gasteiger partial charge in [-0.05, 0) is 23.8 Å². The number of carbonyl (C=O) groups is 5. The maximum atomic E-state index is 13.0. The molecule has 10 nitrogen and oxygen atoms in total. The van der Waals surface area contributed by atoms with Crippen molar-refractivity contribution >= 4 is 47.0 Å². The maximum Gasteiger partial charge on any atom is 0.306 e. The number of anilines is 1. The highest BCUT2D eigenvalue weighted by Crippen LogP contribution is 2.15. The first-order valence-corrected chi connectivity index (χ1v) is 11.5. The highest BCUT2D eigenvalue weighted by atomic mass is 32.2. The number of Topliss-reactive ketones (excluding diaryl/α,β-unsaturated/α-hetero) is 1. The molecule has 12 heteroatoms. The summed E-state index contributed by atoms with van der Waals surface area (Å²) in [6.45, 7) is 0. The molecule has 0 aliphatic rings. The molecular formula is C23H24FN3O7S. The summed E-state index contributed by atoms with van der Waals surface area (Å²) in [5.41, 5.74) is 0.973. The van der Waals surface area contributed by atoms with Crippen LogP contribution in [0.25, 0.3) is 0 Å². The van der Waals surface area contributed by atoms with E-state index in [4.69, 9.17) is 5.11 Å². The molecule has 2 rings (SSSR count). The number of amides is 2. The fourth-order valence-corrected chi connectivity index (χ4v) is 3.72. The van der Waals surface area contributed by atoms with Gasteiger partial charge >= 0.3 is 11.9 Å². The quantitative estimate of drug-likeness (QED) is 0.348. The zero-order valence-electron chi connectivity index (χ0n) is 18.8. The second-order valence-corrected chi connectivity index (χ2v) is 8.28. The number of benzene rings is 1. The maximum absolute atomic E-state index is 13.0. The molecule has 0 radical (unpaired) electrons. The first-order chi connectivity index (χ1) is 16.7. The smallest absolute Gasteiger partial charge is 0.306 e. The summed E-state index contributed by atoms with van der Waals surface area (Å²) < 4.78 is 17.5. The number of carboxylic acids is 1. The number of hydrogen-bond acceptors (Lipinski definition) is 8. The fourth-order valence-electron chi connectivity index (χ4n) is 2.79. The third kappa shape index (κ3) is 9.92. The summed E-state index contributed by atoms with van der Waals surface area (Å²) >= 11 is 1.21. The first kappa shape index (κ1) is 27.4. The van der Waals surface area contributed by atoms with Crippen LogP contribution >= 0.6 is 11.8 Å². The number of ether oxygens (including phenoxy) is 1. The Balaban J connectivity index is 1.96. The number of aliphatic carboxylic acids is 1. The molecule has 1 aromatic carbocycles. The number of carbonyl (C=O) groups excluding carboxylic acids is 4. The van der Waals surface area contributed by atoms with Gasteiger partial charge in [0.1, 0.15) is 5.82 Å². The van der Waals surface area contributed by atoms with Crippen LogP contribution in [0.15, 0.2) is 42.7 Å². The predicted octanol–water partition coefficient (Wildman–Crippen LogP) is 2.19. The number of nitrogens with one attached hydrogen (secondary N) is 2. The molecule has 0 unspecified atom stereocenters. The molecule has 186 valence electrons. The van der Waals surface area contributed by atoms with Crippen molar-refractivity contribution in [2.24, 2.45) is 0 Å². The molecule has 35 heavy (non-hydrogen) atoms. The summed E-state index contributed by atoms with van der Waals surface area (Å²) in [5.74, 6) is -3.58. The Morgan fingerprint density at radius 3 is 2.49 bits per heavy atom. The number of ketones is 1. The number of nitrogens with zero attached hydrogens (tertiary/aromatic N) is 1. The zero-order valence-corrected chi connectivity index (χ0v) is 19.6. The van der Waals surface area contributed by atoms with E-state index in [0.717, 1.165) is 5.56 Å². The van der Waals surface area contributed by atoms with Crippen molar-refractivity contribution in [1.82, 2.24) is 10.3 Å². The molecule has 0 saturated carbocycles. The third-order valence-corrected chi connectivity index (χ3v) is 5.59. The Morgan fingerprint density at radius 1 is 1.11 bits per heavy atom. The number of carboxylic acid groups (broad SMARTS) is 1. The molecule has 3 N–H and O–H groups in total. The predicted molar refractivity (Wildman–Crippen MR) is 125 cm³/mol. The SMILES string of the molecule is COC(=O)CCC(=O)Nc1cncc(C(=O)N[C@@H](CC(=O)O)C(=O)CSCc2ccc(F)cc2)c1. The Kier molecular flexibility index (Phi) is 10.8. The van der Waals surface area contributed by atoms with Gasteiger partial charge in [0.2, 0.25) is 5.91 Å². The molecule has 0 aliphatic carbocycles. The van der Waals surface area contributed by atoms with E-state index in [1.54, 1.807) is 12.1 Å². The van der Waals surface area contributed by atoms with Gasteiger partial charge in [0.25, 0.3) is 5.91 Å². The van der Waals surface area contributed by atoms with Gasteiger partial charge in [-0.1, -0.05) is 12.1 Å². The minimum atomic E-state index is -1.28. The van der Waals surface area contributed by atoms with Gasteiger partial charge in [-0.25, -0.2) is 4.39 Å². The van der Waals surface area contributed by atoms with Gasteiger partial charge in [0, 0.05) is 18.4 Å². The minimum absolute atomic E-state index is 0.00192. The Hall–Kier alpha value is -3.80. The number of halogens is 1. The highest BCUT2D eigenvalue weighted by Gasteiger charge is 2.24. The number of esters is 1. The molecule has 1 heterocycles. The first-order valence-electron chi connectivity index (χ1n) is 10.4. The molecule has 2 aromatic rings. The second-order valence-electron chi connectivity index (χ2n) is 7.30. The topological polar surface area (TPSA) is 152 Å². The Bertz CT molecular complexity index is 1080. The van der Waals surface area contributed by atoms with Crippen molar-refractivity contribution in [1.29, 1.82) is 0 Å². The average molecular weight is 506 g/mol. The second kappa shape index (κ2) is 13.8. The normalized spacial score (nSPS) is 11.3. The summed E-state index contributed by atoms with van der Waals surface area (Å²) in [6, 6.07) is 5.79. The molecule has 0 aliphatic heterocycles. The van der Waals surface area contributed by atoms with Gasteiger partial charge in [-0.3, -0.25) is 29.0 Å². The van der Waals surface area contributed by atoms with E-state index >= 15 is 0 Å². The number of aromatic nitrogens is 1. The molecule has 2 amide bonds. The van der Waals surface area contributed by atoms with E-state index in [9.17, 15) is 28.4 Å². The summed E-state index contributed by atoms with van der Waals surface area (Å²) in [6.07, 6.45) is 1.63. The van der Waals surface area contributed by atoms with Crippen LogP contribution in [0.3, 0.4) is 0 Å². The fraction of sp³-hybridized carbons (Fsp3) is 0.304. The standard InChI is InChI=1S/C23H24FN3O7S/c1-34-22(32)7-6-20(29)26-17-8-15(10-25-11-17)23(33)27-18(9-21(30)31)19(28)13-35-12-14-2-4-16(24)5-3-14/h2-5,8,10-11,18H,6-7,9,12-13H2,1H3,(H,26,29)(H,27,33)(H,30,31)/t18-/m0/s1. The monoisotopic (exact) mass is 505 g/mol. The van der Waals surface area contributed by atoms with Gasteiger partial charge in [0.05, 0.1) is 49.2 Å².